The predicted octanol–water partition coefficient (Wildman–Crippen LogP) is -0.236. The number of methoxy groups -OCH3 is 1. The van der Waals surface area contributed by atoms with Crippen molar-refractivity contribution in [3.63, 3.8) is 0 Å². The number of ether oxygens (including phenoxy) is 3. The molecule has 2 heterocycles. The van der Waals surface area contributed by atoms with Crippen LogP contribution in [0.3, 0.4) is 0 Å². The Morgan fingerprint density at radius 3 is 2.35 bits per heavy atom. The van der Waals surface area contributed by atoms with Gasteiger partial charge in [-0.3, -0.25) is 4.79 Å². The zero-order valence-electron chi connectivity index (χ0n) is 17.7. The normalized spacial score (nSPS) is 24.8. The van der Waals surface area contributed by atoms with E-state index in [0.717, 1.165) is 12.1 Å². The van der Waals surface area contributed by atoms with E-state index in [1.54, 1.807) is 0 Å². The zero-order valence-corrected chi connectivity index (χ0v) is 17.7. The summed E-state index contributed by atoms with van der Waals surface area (Å²) in [6.07, 6.45) is -7.94. The first-order valence-corrected chi connectivity index (χ1v) is 10.0. The molecular formula is C22H22O12. The summed E-state index contributed by atoms with van der Waals surface area (Å²) >= 11 is 0. The summed E-state index contributed by atoms with van der Waals surface area (Å²) in [4.78, 5) is 13.1. The van der Waals surface area contributed by atoms with Crippen LogP contribution < -0.4 is 14.9 Å². The molecule has 1 aliphatic heterocycles. The van der Waals surface area contributed by atoms with Gasteiger partial charge < -0.3 is 54.4 Å². The van der Waals surface area contributed by atoms with Crippen LogP contribution in [-0.2, 0) is 4.74 Å². The number of aliphatic hydroxyl groups excluding tert-OH is 4. The monoisotopic (exact) mass is 478 g/mol. The van der Waals surface area contributed by atoms with E-state index in [1.165, 1.54) is 25.3 Å². The van der Waals surface area contributed by atoms with E-state index in [2.05, 4.69) is 0 Å². The number of hydrogen-bond donors (Lipinski definition) is 7. The van der Waals surface area contributed by atoms with Crippen LogP contribution in [0.2, 0.25) is 0 Å². The maximum Gasteiger partial charge on any atom is 0.238 e. The molecule has 0 amide bonds. The van der Waals surface area contributed by atoms with Gasteiger partial charge in [-0.25, -0.2) is 0 Å². The lowest BCUT2D eigenvalue weighted by Gasteiger charge is -2.39. The molecule has 0 radical (unpaired) electrons. The molecule has 1 saturated heterocycles. The molecule has 1 aliphatic rings. The van der Waals surface area contributed by atoms with Crippen molar-refractivity contribution in [2.75, 3.05) is 13.7 Å². The zero-order chi connectivity index (χ0) is 24.7. The maximum absolute atomic E-state index is 13.1. The van der Waals surface area contributed by atoms with Crippen LogP contribution in [-0.4, -0.2) is 80.2 Å². The first-order chi connectivity index (χ1) is 16.2. The highest BCUT2D eigenvalue weighted by Gasteiger charge is 2.45. The van der Waals surface area contributed by atoms with Crippen molar-refractivity contribution in [2.24, 2.45) is 0 Å². The van der Waals surface area contributed by atoms with Crippen LogP contribution in [0.15, 0.2) is 39.5 Å². The van der Waals surface area contributed by atoms with Crippen molar-refractivity contribution >= 4 is 11.0 Å². The average Bonchev–Trinajstić information content (AvgIpc) is 2.83. The minimum Gasteiger partial charge on any atom is -0.504 e. The van der Waals surface area contributed by atoms with Gasteiger partial charge in [0, 0.05) is 17.7 Å². The molecule has 0 aliphatic carbocycles. The van der Waals surface area contributed by atoms with Gasteiger partial charge in [-0.1, -0.05) is 0 Å². The first kappa shape index (κ1) is 23.6. The van der Waals surface area contributed by atoms with Gasteiger partial charge in [0.05, 0.1) is 13.7 Å². The van der Waals surface area contributed by atoms with Crippen LogP contribution in [0.5, 0.6) is 28.7 Å². The molecule has 34 heavy (non-hydrogen) atoms. The number of phenolic OH excluding ortho intramolecular Hbond substituents is 2. The molecule has 5 atom stereocenters. The standard InChI is InChI=1S/C22H22O12/c1-31-9-5-12-15(13(6-9)33-22-20(30)18(28)16(26)14(7-23)34-22)17(27)19(29)21(32-12)8-2-3-10(24)11(25)4-8/h2-6,14,16,18,20,22-26,28-30H,7H2,1H3/t14-,16+,18-,20-,22+/m0/s1. The molecular weight excluding hydrogens is 456 g/mol. The van der Waals surface area contributed by atoms with Gasteiger partial charge in [0.15, 0.2) is 17.3 Å². The molecule has 4 rings (SSSR count). The summed E-state index contributed by atoms with van der Waals surface area (Å²) in [5.41, 5.74) is -0.957. The van der Waals surface area contributed by atoms with Gasteiger partial charge in [-0.15, -0.1) is 0 Å². The second-order valence-electron chi connectivity index (χ2n) is 7.63. The first-order valence-electron chi connectivity index (χ1n) is 10.0. The number of aliphatic hydroxyl groups is 4. The van der Waals surface area contributed by atoms with E-state index in [1.807, 2.05) is 0 Å². The second-order valence-corrected chi connectivity index (χ2v) is 7.63. The SMILES string of the molecule is COc1cc(O[C@@H]2O[C@@H](CO)[C@@H](O)[C@H](O)[C@@H]2O)c2c(=O)c(O)c(-c3ccc(O)c(O)c3)oc2c1. The Bertz CT molecular complexity index is 1270. The third-order valence-electron chi connectivity index (χ3n) is 5.47. The summed E-state index contributed by atoms with van der Waals surface area (Å²) < 4.78 is 21.8. The van der Waals surface area contributed by atoms with Crippen molar-refractivity contribution in [1.29, 1.82) is 0 Å². The summed E-state index contributed by atoms with van der Waals surface area (Å²) in [7, 11) is 1.33. The highest BCUT2D eigenvalue weighted by molar-refractivity contribution is 5.88. The summed E-state index contributed by atoms with van der Waals surface area (Å²) in [5.74, 6) is -2.15. The predicted molar refractivity (Wildman–Crippen MR) is 114 cm³/mol. The fraction of sp³-hybridized carbons (Fsp3) is 0.318. The Hall–Kier alpha value is -3.55. The lowest BCUT2D eigenvalue weighted by atomic mass is 9.99. The van der Waals surface area contributed by atoms with E-state index in [0.29, 0.717) is 0 Å². The lowest BCUT2D eigenvalue weighted by molar-refractivity contribution is -0.277. The van der Waals surface area contributed by atoms with Crippen molar-refractivity contribution in [2.45, 2.75) is 30.7 Å². The summed E-state index contributed by atoms with van der Waals surface area (Å²) in [5, 5.41) is 69.2. The molecule has 182 valence electrons. The van der Waals surface area contributed by atoms with E-state index >= 15 is 0 Å². The third kappa shape index (κ3) is 3.97. The Morgan fingerprint density at radius 1 is 0.971 bits per heavy atom. The van der Waals surface area contributed by atoms with Crippen molar-refractivity contribution < 1.29 is 54.4 Å². The van der Waals surface area contributed by atoms with Crippen LogP contribution in [0, 0.1) is 0 Å². The molecule has 0 saturated carbocycles. The van der Waals surface area contributed by atoms with Crippen LogP contribution in [0.1, 0.15) is 0 Å². The number of aromatic hydroxyl groups is 3. The Balaban J connectivity index is 1.84. The Kier molecular flexibility index (Phi) is 6.25. The molecule has 12 nitrogen and oxygen atoms in total. The Labute approximate surface area is 191 Å². The molecule has 3 aromatic rings. The molecule has 0 bridgehead atoms. The van der Waals surface area contributed by atoms with Crippen LogP contribution in [0.25, 0.3) is 22.3 Å². The molecule has 1 aromatic heterocycles. The molecule has 0 unspecified atom stereocenters. The van der Waals surface area contributed by atoms with Crippen LogP contribution >= 0.6 is 0 Å². The van der Waals surface area contributed by atoms with Crippen molar-refractivity contribution in [3.8, 4) is 40.1 Å². The quantitative estimate of drug-likeness (QED) is 0.238. The Morgan fingerprint density at radius 2 is 1.71 bits per heavy atom. The van der Waals surface area contributed by atoms with Gasteiger partial charge in [-0.05, 0) is 18.2 Å². The fourth-order valence-corrected chi connectivity index (χ4v) is 3.61. The van der Waals surface area contributed by atoms with E-state index in [-0.39, 0.29) is 33.8 Å². The molecule has 0 spiro atoms. The number of hydrogen-bond acceptors (Lipinski definition) is 12. The minimum absolute atomic E-state index is 0.0889. The van der Waals surface area contributed by atoms with Gasteiger partial charge in [-0.2, -0.15) is 0 Å². The highest BCUT2D eigenvalue weighted by atomic mass is 16.7. The van der Waals surface area contributed by atoms with E-state index < -0.39 is 60.0 Å². The van der Waals surface area contributed by atoms with Crippen molar-refractivity contribution in [3.05, 3.63) is 40.6 Å². The topological polar surface area (TPSA) is 200 Å². The van der Waals surface area contributed by atoms with Crippen molar-refractivity contribution in [1.82, 2.24) is 0 Å². The van der Waals surface area contributed by atoms with Gasteiger partial charge >= 0.3 is 0 Å². The minimum atomic E-state index is -1.75. The van der Waals surface area contributed by atoms with Gasteiger partial charge in [0.1, 0.15) is 46.9 Å². The maximum atomic E-state index is 13.1. The molecule has 2 aromatic carbocycles. The molecule has 12 heteroatoms. The van der Waals surface area contributed by atoms with Crippen LogP contribution in [0.4, 0.5) is 0 Å². The van der Waals surface area contributed by atoms with Gasteiger partial charge in [0.2, 0.25) is 17.5 Å². The number of rotatable bonds is 5. The molecule has 1 fully saturated rings. The molecule has 7 N–H and O–H groups in total. The highest BCUT2D eigenvalue weighted by Crippen LogP contribution is 2.39. The average molecular weight is 478 g/mol. The second kappa shape index (κ2) is 9.00. The number of fused-ring (bicyclic) bond motifs is 1. The van der Waals surface area contributed by atoms with E-state index in [9.17, 15) is 40.5 Å². The summed E-state index contributed by atoms with van der Waals surface area (Å²) in [6.45, 7) is -0.685. The fourth-order valence-electron chi connectivity index (χ4n) is 3.61. The smallest absolute Gasteiger partial charge is 0.238 e. The lowest BCUT2D eigenvalue weighted by Crippen LogP contribution is -2.60. The number of phenols is 2. The van der Waals surface area contributed by atoms with E-state index in [4.69, 9.17) is 18.6 Å². The number of benzene rings is 2. The summed E-state index contributed by atoms with van der Waals surface area (Å²) in [6, 6.07) is 6.13. The third-order valence-corrected chi connectivity index (χ3v) is 5.47. The largest absolute Gasteiger partial charge is 0.504 e. The van der Waals surface area contributed by atoms with Gasteiger partial charge in [0.25, 0.3) is 0 Å².